The van der Waals surface area contributed by atoms with Gasteiger partial charge in [-0.2, -0.15) is 0 Å². The summed E-state index contributed by atoms with van der Waals surface area (Å²) < 4.78 is 5.94. The van der Waals surface area contributed by atoms with Crippen molar-refractivity contribution in [3.05, 3.63) is 35.4 Å². The van der Waals surface area contributed by atoms with Crippen LogP contribution in [0, 0.1) is 17.8 Å². The Balaban J connectivity index is 1.33. The molecule has 2 heteroatoms. The maximum Gasteiger partial charge on any atom is 0.134 e. The van der Waals surface area contributed by atoms with E-state index in [4.69, 9.17) is 4.74 Å². The largest absolute Gasteiger partial charge is 0.357 e. The third-order valence-electron chi connectivity index (χ3n) is 7.53. The van der Waals surface area contributed by atoms with Crippen molar-refractivity contribution in [2.45, 2.75) is 96.2 Å². The zero-order chi connectivity index (χ0) is 18.9. The molecule has 0 radical (unpaired) electrons. The quantitative estimate of drug-likeness (QED) is 0.633. The molecule has 1 aliphatic heterocycles. The fourth-order valence-electron chi connectivity index (χ4n) is 5.90. The summed E-state index contributed by atoms with van der Waals surface area (Å²) in [5.41, 5.74) is 2.91. The Morgan fingerprint density at radius 1 is 0.963 bits per heavy atom. The normalized spacial score (nSPS) is 35.7. The zero-order valence-corrected chi connectivity index (χ0v) is 17.7. The van der Waals surface area contributed by atoms with Gasteiger partial charge in [0.25, 0.3) is 0 Å². The van der Waals surface area contributed by atoms with Gasteiger partial charge >= 0.3 is 0 Å². The van der Waals surface area contributed by atoms with Crippen LogP contribution in [0.5, 0.6) is 0 Å². The van der Waals surface area contributed by atoms with Crippen LogP contribution in [0.2, 0.25) is 0 Å². The third kappa shape index (κ3) is 4.59. The Bertz CT molecular complexity index is 607. The molecule has 3 aliphatic rings. The predicted octanol–water partition coefficient (Wildman–Crippen LogP) is 6.57. The fraction of sp³-hybridized carbons (Fsp3) is 0.760. The van der Waals surface area contributed by atoms with Crippen LogP contribution in [0.1, 0.15) is 102 Å². The van der Waals surface area contributed by atoms with E-state index in [1.54, 1.807) is 5.56 Å². The minimum atomic E-state index is 0.0585. The molecule has 0 spiro atoms. The molecule has 2 aliphatic carbocycles. The lowest BCUT2D eigenvalue weighted by atomic mass is 9.63. The van der Waals surface area contributed by atoms with E-state index < -0.39 is 0 Å². The van der Waals surface area contributed by atoms with E-state index in [0.29, 0.717) is 0 Å². The van der Waals surface area contributed by atoms with Crippen molar-refractivity contribution < 1.29 is 4.74 Å². The first kappa shape index (κ1) is 19.5. The molecule has 0 aromatic heterocycles. The van der Waals surface area contributed by atoms with Crippen LogP contribution < -0.4 is 5.32 Å². The SMILES string of the molecule is CCCCC1CC[C@@H]2C[C@H](c3ccc(C4NC(C)(C)CO4)cc3)CC[C@@H]2C1. The summed E-state index contributed by atoms with van der Waals surface area (Å²) in [6, 6.07) is 9.34. The van der Waals surface area contributed by atoms with Crippen molar-refractivity contribution in [3.8, 4) is 0 Å². The smallest absolute Gasteiger partial charge is 0.134 e. The molecule has 2 unspecified atom stereocenters. The van der Waals surface area contributed by atoms with Crippen molar-refractivity contribution in [2.24, 2.45) is 17.8 Å². The second kappa shape index (κ2) is 8.25. The summed E-state index contributed by atoms with van der Waals surface area (Å²) in [6.07, 6.45) is 13.1. The van der Waals surface area contributed by atoms with E-state index in [9.17, 15) is 0 Å². The Hall–Kier alpha value is -0.860. The highest BCUT2D eigenvalue weighted by Gasteiger charge is 2.36. The van der Waals surface area contributed by atoms with E-state index >= 15 is 0 Å². The number of benzene rings is 1. The van der Waals surface area contributed by atoms with Gasteiger partial charge < -0.3 is 4.74 Å². The molecule has 1 aromatic carbocycles. The number of rotatable bonds is 5. The lowest BCUT2D eigenvalue weighted by molar-refractivity contribution is 0.0988. The number of hydrogen-bond donors (Lipinski definition) is 1. The molecule has 0 amide bonds. The average Bonchev–Trinajstić information content (AvgIpc) is 3.06. The van der Waals surface area contributed by atoms with Crippen LogP contribution in [0.25, 0.3) is 0 Å². The first-order valence-corrected chi connectivity index (χ1v) is 11.5. The van der Waals surface area contributed by atoms with Gasteiger partial charge in [-0.1, -0.05) is 56.9 Å². The van der Waals surface area contributed by atoms with E-state index in [1.165, 1.54) is 63.4 Å². The van der Waals surface area contributed by atoms with E-state index in [1.807, 2.05) is 0 Å². The van der Waals surface area contributed by atoms with E-state index in [-0.39, 0.29) is 11.8 Å². The standard InChI is InChI=1S/C25H39NO/c1-4-5-6-18-7-8-23-16-22(14-13-21(23)15-18)19-9-11-20(12-10-19)24-26-25(2,3)17-27-24/h9-12,18,21-24,26H,4-8,13-17H2,1-3H3/t18?,21-,22-,23-,24?/m1/s1. The van der Waals surface area contributed by atoms with Crippen molar-refractivity contribution in [1.29, 1.82) is 0 Å². The topological polar surface area (TPSA) is 21.3 Å². The fourth-order valence-corrected chi connectivity index (χ4v) is 5.90. The number of unbranched alkanes of at least 4 members (excludes halogenated alkanes) is 1. The van der Waals surface area contributed by atoms with Gasteiger partial charge in [0, 0.05) is 5.54 Å². The molecule has 2 saturated carbocycles. The van der Waals surface area contributed by atoms with Crippen molar-refractivity contribution in [1.82, 2.24) is 5.32 Å². The highest BCUT2D eigenvalue weighted by atomic mass is 16.5. The van der Waals surface area contributed by atoms with E-state index in [2.05, 4.69) is 50.4 Å². The van der Waals surface area contributed by atoms with Crippen LogP contribution in [-0.2, 0) is 4.74 Å². The van der Waals surface area contributed by atoms with Gasteiger partial charge in [-0.15, -0.1) is 0 Å². The zero-order valence-electron chi connectivity index (χ0n) is 17.7. The second-order valence-electron chi connectivity index (χ2n) is 10.2. The van der Waals surface area contributed by atoms with E-state index in [0.717, 1.165) is 30.3 Å². The van der Waals surface area contributed by atoms with Gasteiger partial charge in [0.05, 0.1) is 6.61 Å². The van der Waals surface area contributed by atoms with Gasteiger partial charge in [0.15, 0.2) is 0 Å². The molecular weight excluding hydrogens is 330 g/mol. The van der Waals surface area contributed by atoms with Gasteiger partial charge in [-0.05, 0) is 80.8 Å². The molecule has 4 rings (SSSR count). The summed E-state index contributed by atoms with van der Waals surface area (Å²) in [5, 5.41) is 3.58. The highest BCUT2D eigenvalue weighted by Crippen LogP contribution is 2.48. The van der Waals surface area contributed by atoms with Gasteiger partial charge in [0.1, 0.15) is 6.23 Å². The summed E-state index contributed by atoms with van der Waals surface area (Å²) in [5.74, 6) is 3.82. The Morgan fingerprint density at radius 3 is 2.37 bits per heavy atom. The monoisotopic (exact) mass is 369 g/mol. The number of ether oxygens (including phenoxy) is 1. The van der Waals surface area contributed by atoms with Crippen LogP contribution >= 0.6 is 0 Å². The molecule has 1 heterocycles. The summed E-state index contributed by atoms with van der Waals surface area (Å²) >= 11 is 0. The lowest BCUT2D eigenvalue weighted by Crippen LogP contribution is -2.35. The van der Waals surface area contributed by atoms with Gasteiger partial charge in [0.2, 0.25) is 0 Å². The first-order valence-electron chi connectivity index (χ1n) is 11.5. The molecular formula is C25H39NO. The molecule has 5 atom stereocenters. The number of fused-ring (bicyclic) bond motifs is 1. The highest BCUT2D eigenvalue weighted by molar-refractivity contribution is 5.28. The minimum absolute atomic E-state index is 0.0585. The Labute approximate surface area is 166 Å². The summed E-state index contributed by atoms with van der Waals surface area (Å²) in [6.45, 7) is 7.52. The minimum Gasteiger partial charge on any atom is -0.357 e. The van der Waals surface area contributed by atoms with Crippen LogP contribution in [-0.4, -0.2) is 12.1 Å². The van der Waals surface area contributed by atoms with Gasteiger partial charge in [-0.3, -0.25) is 5.32 Å². The number of nitrogens with one attached hydrogen (secondary N) is 1. The Morgan fingerprint density at radius 2 is 1.67 bits per heavy atom. The van der Waals surface area contributed by atoms with Crippen LogP contribution in [0.15, 0.2) is 24.3 Å². The van der Waals surface area contributed by atoms with Crippen LogP contribution in [0.3, 0.4) is 0 Å². The molecule has 150 valence electrons. The lowest BCUT2D eigenvalue weighted by Gasteiger charge is -2.42. The van der Waals surface area contributed by atoms with Crippen LogP contribution in [0.4, 0.5) is 0 Å². The molecule has 1 saturated heterocycles. The van der Waals surface area contributed by atoms with Gasteiger partial charge in [-0.25, -0.2) is 0 Å². The maximum absolute atomic E-state index is 5.94. The average molecular weight is 370 g/mol. The molecule has 1 aromatic rings. The molecule has 2 nitrogen and oxygen atoms in total. The molecule has 3 fully saturated rings. The summed E-state index contributed by atoms with van der Waals surface area (Å²) in [7, 11) is 0. The van der Waals surface area contributed by atoms with Crippen molar-refractivity contribution in [3.63, 3.8) is 0 Å². The third-order valence-corrected chi connectivity index (χ3v) is 7.53. The first-order chi connectivity index (χ1) is 13.0. The summed E-state index contributed by atoms with van der Waals surface area (Å²) in [4.78, 5) is 0. The Kier molecular flexibility index (Phi) is 5.94. The predicted molar refractivity (Wildman–Crippen MR) is 113 cm³/mol. The molecule has 27 heavy (non-hydrogen) atoms. The second-order valence-corrected chi connectivity index (χ2v) is 10.2. The molecule has 1 N–H and O–H groups in total. The maximum atomic E-state index is 5.94. The number of hydrogen-bond acceptors (Lipinski definition) is 2. The van der Waals surface area contributed by atoms with Crippen molar-refractivity contribution in [2.75, 3.05) is 6.61 Å². The molecule has 0 bridgehead atoms. The van der Waals surface area contributed by atoms with Crippen molar-refractivity contribution >= 4 is 0 Å².